The first-order chi connectivity index (χ1) is 9.72. The summed E-state index contributed by atoms with van der Waals surface area (Å²) in [5.41, 5.74) is 1.28. The molecule has 0 saturated heterocycles. The van der Waals surface area contributed by atoms with E-state index in [2.05, 4.69) is 31.3 Å². The molecule has 0 bridgehead atoms. The van der Waals surface area contributed by atoms with Crippen LogP contribution in [0.25, 0.3) is 0 Å². The Balaban J connectivity index is 1.52. The van der Waals surface area contributed by atoms with Crippen LogP contribution in [0.1, 0.15) is 51.1 Å². The summed E-state index contributed by atoms with van der Waals surface area (Å²) >= 11 is 0. The Bertz CT molecular complexity index is 452. The van der Waals surface area contributed by atoms with Gasteiger partial charge in [-0.15, -0.1) is 0 Å². The fourth-order valence-electron chi connectivity index (χ4n) is 3.18. The molecule has 2 aliphatic rings. The van der Waals surface area contributed by atoms with Crippen molar-refractivity contribution in [2.75, 3.05) is 13.3 Å². The SMILES string of the molecule is CC1CCC(CNC(C)c2ccc3c(c2)OCO3)CC1. The summed E-state index contributed by atoms with van der Waals surface area (Å²) in [5.74, 6) is 3.52. The molecular formula is C17H25NO2. The molecule has 0 amide bonds. The zero-order valence-corrected chi connectivity index (χ0v) is 12.5. The van der Waals surface area contributed by atoms with Crippen molar-refractivity contribution in [3.05, 3.63) is 23.8 Å². The molecule has 0 aromatic heterocycles. The molecule has 1 saturated carbocycles. The number of hydrogen-bond donors (Lipinski definition) is 1. The van der Waals surface area contributed by atoms with Crippen LogP contribution in [0.5, 0.6) is 11.5 Å². The Kier molecular flexibility index (Phi) is 4.16. The van der Waals surface area contributed by atoms with Gasteiger partial charge in [-0.3, -0.25) is 0 Å². The molecule has 3 rings (SSSR count). The first-order valence-corrected chi connectivity index (χ1v) is 7.85. The van der Waals surface area contributed by atoms with Gasteiger partial charge in [-0.25, -0.2) is 0 Å². The highest BCUT2D eigenvalue weighted by molar-refractivity contribution is 5.45. The molecule has 1 unspecified atom stereocenters. The van der Waals surface area contributed by atoms with Crippen molar-refractivity contribution >= 4 is 0 Å². The highest BCUT2D eigenvalue weighted by Gasteiger charge is 2.19. The highest BCUT2D eigenvalue weighted by Crippen LogP contribution is 2.34. The van der Waals surface area contributed by atoms with Gasteiger partial charge in [0.25, 0.3) is 0 Å². The van der Waals surface area contributed by atoms with Crippen LogP contribution in [0.4, 0.5) is 0 Å². The molecule has 1 fully saturated rings. The monoisotopic (exact) mass is 275 g/mol. The van der Waals surface area contributed by atoms with E-state index < -0.39 is 0 Å². The van der Waals surface area contributed by atoms with Gasteiger partial charge in [-0.05, 0) is 55.8 Å². The molecule has 1 atom stereocenters. The van der Waals surface area contributed by atoms with Gasteiger partial charge in [0.1, 0.15) is 0 Å². The molecule has 20 heavy (non-hydrogen) atoms. The predicted octanol–water partition coefficient (Wildman–Crippen LogP) is 3.89. The van der Waals surface area contributed by atoms with Crippen molar-refractivity contribution in [3.63, 3.8) is 0 Å². The molecule has 0 radical (unpaired) electrons. The molecular weight excluding hydrogens is 250 g/mol. The minimum Gasteiger partial charge on any atom is -0.454 e. The third-order valence-corrected chi connectivity index (χ3v) is 4.74. The summed E-state index contributed by atoms with van der Waals surface area (Å²) in [5, 5.41) is 3.68. The van der Waals surface area contributed by atoms with Crippen LogP contribution in [0.3, 0.4) is 0 Å². The predicted molar refractivity (Wildman–Crippen MR) is 80.1 cm³/mol. The molecule has 0 spiro atoms. The second-order valence-electron chi connectivity index (χ2n) is 6.37. The van der Waals surface area contributed by atoms with E-state index >= 15 is 0 Å². The Morgan fingerprint density at radius 3 is 2.70 bits per heavy atom. The van der Waals surface area contributed by atoms with Gasteiger partial charge in [0, 0.05) is 6.04 Å². The molecule has 1 heterocycles. The lowest BCUT2D eigenvalue weighted by Crippen LogP contribution is -2.28. The quantitative estimate of drug-likeness (QED) is 0.904. The van der Waals surface area contributed by atoms with Gasteiger partial charge >= 0.3 is 0 Å². The number of benzene rings is 1. The Hall–Kier alpha value is -1.22. The van der Waals surface area contributed by atoms with Crippen LogP contribution >= 0.6 is 0 Å². The zero-order chi connectivity index (χ0) is 13.9. The summed E-state index contributed by atoms with van der Waals surface area (Å²) < 4.78 is 10.8. The van der Waals surface area contributed by atoms with Crippen LogP contribution in [0.15, 0.2) is 18.2 Å². The van der Waals surface area contributed by atoms with Gasteiger partial charge in [0.05, 0.1) is 0 Å². The number of fused-ring (bicyclic) bond motifs is 1. The van der Waals surface area contributed by atoms with Crippen molar-refractivity contribution in [3.8, 4) is 11.5 Å². The number of nitrogens with one attached hydrogen (secondary N) is 1. The van der Waals surface area contributed by atoms with Gasteiger partial charge in [-0.1, -0.05) is 25.8 Å². The summed E-state index contributed by atoms with van der Waals surface area (Å²) in [4.78, 5) is 0. The fraction of sp³-hybridized carbons (Fsp3) is 0.647. The largest absolute Gasteiger partial charge is 0.454 e. The minimum atomic E-state index is 0.348. The Morgan fingerprint density at radius 1 is 1.15 bits per heavy atom. The van der Waals surface area contributed by atoms with E-state index in [1.54, 1.807) is 0 Å². The molecule has 1 aliphatic carbocycles. The normalized spacial score (nSPS) is 26.5. The fourth-order valence-corrected chi connectivity index (χ4v) is 3.18. The van der Waals surface area contributed by atoms with Crippen molar-refractivity contribution in [2.24, 2.45) is 11.8 Å². The second-order valence-corrected chi connectivity index (χ2v) is 6.37. The zero-order valence-electron chi connectivity index (χ0n) is 12.5. The van der Waals surface area contributed by atoms with Crippen molar-refractivity contribution in [2.45, 2.75) is 45.6 Å². The van der Waals surface area contributed by atoms with E-state index in [4.69, 9.17) is 9.47 Å². The van der Waals surface area contributed by atoms with Crippen LogP contribution < -0.4 is 14.8 Å². The van der Waals surface area contributed by atoms with Crippen molar-refractivity contribution < 1.29 is 9.47 Å². The molecule has 3 nitrogen and oxygen atoms in total. The molecule has 1 aromatic carbocycles. The van der Waals surface area contributed by atoms with Gasteiger partial charge in [0.15, 0.2) is 11.5 Å². The second kappa shape index (κ2) is 6.04. The average molecular weight is 275 g/mol. The lowest BCUT2D eigenvalue weighted by atomic mass is 9.83. The van der Waals surface area contributed by atoms with E-state index in [0.717, 1.165) is 29.9 Å². The maximum absolute atomic E-state index is 5.45. The highest BCUT2D eigenvalue weighted by atomic mass is 16.7. The first kappa shape index (κ1) is 13.7. The van der Waals surface area contributed by atoms with E-state index in [0.29, 0.717) is 12.8 Å². The van der Waals surface area contributed by atoms with Crippen LogP contribution in [-0.4, -0.2) is 13.3 Å². The van der Waals surface area contributed by atoms with Crippen LogP contribution in [0.2, 0.25) is 0 Å². The Morgan fingerprint density at radius 2 is 1.90 bits per heavy atom. The third kappa shape index (κ3) is 3.09. The van der Waals surface area contributed by atoms with Gasteiger partial charge in [0.2, 0.25) is 6.79 Å². The lowest BCUT2D eigenvalue weighted by Gasteiger charge is -2.27. The molecule has 3 heteroatoms. The van der Waals surface area contributed by atoms with Crippen molar-refractivity contribution in [1.29, 1.82) is 0 Å². The summed E-state index contributed by atoms with van der Waals surface area (Å²) in [7, 11) is 0. The van der Waals surface area contributed by atoms with Crippen LogP contribution in [-0.2, 0) is 0 Å². The molecule has 1 aromatic rings. The smallest absolute Gasteiger partial charge is 0.231 e. The summed E-state index contributed by atoms with van der Waals surface area (Å²) in [6.07, 6.45) is 5.54. The number of rotatable bonds is 4. The van der Waals surface area contributed by atoms with E-state index in [9.17, 15) is 0 Å². The first-order valence-electron chi connectivity index (χ1n) is 7.85. The minimum absolute atomic E-state index is 0.348. The maximum atomic E-state index is 5.45. The lowest BCUT2D eigenvalue weighted by molar-refractivity contribution is 0.174. The van der Waals surface area contributed by atoms with E-state index in [-0.39, 0.29) is 0 Å². The topological polar surface area (TPSA) is 30.5 Å². The maximum Gasteiger partial charge on any atom is 0.231 e. The van der Waals surface area contributed by atoms with Gasteiger partial charge < -0.3 is 14.8 Å². The number of hydrogen-bond acceptors (Lipinski definition) is 3. The molecule has 110 valence electrons. The summed E-state index contributed by atoms with van der Waals surface area (Å²) in [6.45, 7) is 6.07. The van der Waals surface area contributed by atoms with E-state index in [1.807, 2.05) is 6.07 Å². The van der Waals surface area contributed by atoms with Crippen molar-refractivity contribution in [1.82, 2.24) is 5.32 Å². The van der Waals surface area contributed by atoms with Crippen LogP contribution in [0, 0.1) is 11.8 Å². The van der Waals surface area contributed by atoms with E-state index in [1.165, 1.54) is 31.2 Å². The standard InChI is InChI=1S/C17H25NO2/c1-12-3-5-14(6-4-12)10-18-13(2)15-7-8-16-17(9-15)20-11-19-16/h7-9,12-14,18H,3-6,10-11H2,1-2H3. The molecule has 1 N–H and O–H groups in total. The number of ether oxygens (including phenoxy) is 2. The Labute approximate surface area is 121 Å². The third-order valence-electron chi connectivity index (χ3n) is 4.74. The van der Waals surface area contributed by atoms with Gasteiger partial charge in [-0.2, -0.15) is 0 Å². The average Bonchev–Trinajstić information content (AvgIpc) is 2.93. The summed E-state index contributed by atoms with van der Waals surface area (Å²) in [6, 6.07) is 6.61. The molecule has 1 aliphatic heterocycles.